The molecule has 1 aromatic carbocycles. The van der Waals surface area contributed by atoms with E-state index < -0.39 is 0 Å². The minimum absolute atomic E-state index is 0.0169. The summed E-state index contributed by atoms with van der Waals surface area (Å²) in [5, 5.41) is 10.2. The van der Waals surface area contributed by atoms with Crippen LogP contribution in [0.15, 0.2) is 17.1 Å². The fraction of sp³-hybridized carbons (Fsp3) is 0.222. The van der Waals surface area contributed by atoms with Gasteiger partial charge in [0.05, 0.1) is 5.02 Å². The fourth-order valence-corrected chi connectivity index (χ4v) is 1.38. The summed E-state index contributed by atoms with van der Waals surface area (Å²) < 4.78 is 0. The highest BCUT2D eigenvalue weighted by atomic mass is 35.5. The molecule has 1 aromatic rings. The number of aliphatic imine (C=N–C) groups is 1. The zero-order valence-electron chi connectivity index (χ0n) is 7.09. The average Bonchev–Trinajstić information content (AvgIpc) is 2.09. The minimum atomic E-state index is 0.0169. The van der Waals surface area contributed by atoms with Gasteiger partial charge in [-0.3, -0.25) is 4.99 Å². The first-order valence-corrected chi connectivity index (χ1v) is 4.58. The highest BCUT2D eigenvalue weighted by molar-refractivity contribution is 6.36. The largest absolute Gasteiger partial charge is 0.506 e. The van der Waals surface area contributed by atoms with E-state index in [1.807, 2.05) is 6.92 Å². The van der Waals surface area contributed by atoms with Crippen molar-refractivity contribution in [2.45, 2.75) is 6.92 Å². The maximum absolute atomic E-state index is 9.47. The Balaban J connectivity index is 3.12. The summed E-state index contributed by atoms with van der Waals surface area (Å²) in [6.07, 6.45) is 1.55. The molecule has 0 amide bonds. The van der Waals surface area contributed by atoms with Crippen LogP contribution in [0.5, 0.6) is 5.75 Å². The molecule has 0 saturated carbocycles. The molecule has 0 aromatic heterocycles. The molecule has 1 N–H and O–H groups in total. The fourth-order valence-electron chi connectivity index (χ4n) is 0.874. The van der Waals surface area contributed by atoms with Crippen LogP contribution >= 0.6 is 23.2 Å². The van der Waals surface area contributed by atoms with E-state index in [1.165, 1.54) is 6.07 Å². The van der Waals surface area contributed by atoms with Gasteiger partial charge >= 0.3 is 0 Å². The van der Waals surface area contributed by atoms with Gasteiger partial charge < -0.3 is 5.11 Å². The second kappa shape index (κ2) is 4.49. The number of aromatic hydroxyl groups is 1. The summed E-state index contributed by atoms with van der Waals surface area (Å²) in [6.45, 7) is 2.56. The summed E-state index contributed by atoms with van der Waals surface area (Å²) >= 11 is 11.4. The second-order valence-corrected chi connectivity index (χ2v) is 3.30. The van der Waals surface area contributed by atoms with E-state index in [9.17, 15) is 5.11 Å². The molecule has 0 aliphatic rings. The molecule has 1 rings (SSSR count). The maximum atomic E-state index is 9.47. The number of phenolic OH excluding ortho intramolecular Hbond substituents is 1. The first-order valence-electron chi connectivity index (χ1n) is 3.83. The SMILES string of the molecule is CCN=Cc1cc(Cl)cc(Cl)c1O. The third-order valence-electron chi connectivity index (χ3n) is 1.47. The molecule has 2 nitrogen and oxygen atoms in total. The molecule has 0 spiro atoms. The van der Waals surface area contributed by atoms with Crippen molar-refractivity contribution < 1.29 is 5.11 Å². The zero-order valence-corrected chi connectivity index (χ0v) is 8.60. The summed E-state index contributed by atoms with van der Waals surface area (Å²) in [5.74, 6) is 0.0169. The number of benzene rings is 1. The minimum Gasteiger partial charge on any atom is -0.506 e. The molecule has 0 fully saturated rings. The van der Waals surface area contributed by atoms with Crippen LogP contribution in [0.2, 0.25) is 10.0 Å². The summed E-state index contributed by atoms with van der Waals surface area (Å²) in [5.41, 5.74) is 0.541. The van der Waals surface area contributed by atoms with E-state index in [4.69, 9.17) is 23.2 Å². The quantitative estimate of drug-likeness (QED) is 0.760. The number of halogens is 2. The lowest BCUT2D eigenvalue weighted by atomic mass is 10.2. The lowest BCUT2D eigenvalue weighted by Crippen LogP contribution is -1.84. The average molecular weight is 218 g/mol. The van der Waals surface area contributed by atoms with Crippen molar-refractivity contribution in [2.75, 3.05) is 6.54 Å². The Labute approximate surface area is 86.8 Å². The van der Waals surface area contributed by atoms with Crippen LogP contribution in [0.1, 0.15) is 12.5 Å². The van der Waals surface area contributed by atoms with E-state index in [-0.39, 0.29) is 10.8 Å². The molecule has 0 atom stereocenters. The second-order valence-electron chi connectivity index (χ2n) is 2.45. The summed E-state index contributed by atoms with van der Waals surface area (Å²) in [7, 11) is 0. The molecule has 0 heterocycles. The molecule has 0 radical (unpaired) electrons. The van der Waals surface area contributed by atoms with Gasteiger partial charge in [-0.2, -0.15) is 0 Å². The van der Waals surface area contributed by atoms with E-state index in [1.54, 1.807) is 12.3 Å². The van der Waals surface area contributed by atoms with Crippen molar-refractivity contribution in [3.63, 3.8) is 0 Å². The Morgan fingerprint density at radius 1 is 1.46 bits per heavy atom. The van der Waals surface area contributed by atoms with Gasteiger partial charge in [0.2, 0.25) is 0 Å². The van der Waals surface area contributed by atoms with Crippen LogP contribution in [0, 0.1) is 0 Å². The summed E-state index contributed by atoms with van der Waals surface area (Å²) in [6, 6.07) is 3.10. The van der Waals surface area contributed by atoms with Crippen molar-refractivity contribution in [3.8, 4) is 5.75 Å². The number of hydrogen-bond donors (Lipinski definition) is 1. The molecule has 0 aliphatic heterocycles. The highest BCUT2D eigenvalue weighted by Crippen LogP contribution is 2.29. The third kappa shape index (κ3) is 2.61. The predicted octanol–water partition coefficient (Wildman–Crippen LogP) is 3.14. The molecule has 4 heteroatoms. The standard InChI is InChI=1S/C9H9Cl2NO/c1-2-12-5-6-3-7(10)4-8(11)9(6)13/h3-5,13H,2H2,1H3. The van der Waals surface area contributed by atoms with E-state index in [0.29, 0.717) is 17.1 Å². The molecular formula is C9H9Cl2NO. The lowest BCUT2D eigenvalue weighted by molar-refractivity contribution is 0.475. The van der Waals surface area contributed by atoms with Crippen molar-refractivity contribution in [2.24, 2.45) is 4.99 Å². The molecule has 0 bridgehead atoms. The Hall–Kier alpha value is -0.730. The molecule has 0 unspecified atom stereocenters. The Morgan fingerprint density at radius 2 is 2.15 bits per heavy atom. The Kier molecular flexibility index (Phi) is 3.58. The Morgan fingerprint density at radius 3 is 2.77 bits per heavy atom. The molecular weight excluding hydrogens is 209 g/mol. The maximum Gasteiger partial charge on any atom is 0.143 e. The van der Waals surface area contributed by atoms with Crippen LogP contribution in [0.25, 0.3) is 0 Å². The first-order chi connectivity index (χ1) is 6.15. The Bertz CT molecular complexity index is 337. The van der Waals surface area contributed by atoms with Crippen molar-refractivity contribution >= 4 is 29.4 Å². The van der Waals surface area contributed by atoms with Crippen LogP contribution in [-0.2, 0) is 0 Å². The van der Waals surface area contributed by atoms with Crippen molar-refractivity contribution in [3.05, 3.63) is 27.7 Å². The zero-order chi connectivity index (χ0) is 9.84. The normalized spacial score (nSPS) is 11.0. The van der Waals surface area contributed by atoms with E-state index in [0.717, 1.165) is 0 Å². The van der Waals surface area contributed by atoms with Crippen molar-refractivity contribution in [1.82, 2.24) is 0 Å². The van der Waals surface area contributed by atoms with E-state index >= 15 is 0 Å². The number of rotatable bonds is 2. The van der Waals surface area contributed by atoms with Gasteiger partial charge in [-0.25, -0.2) is 0 Å². The van der Waals surface area contributed by atoms with Gasteiger partial charge in [0.1, 0.15) is 5.75 Å². The van der Waals surface area contributed by atoms with Gasteiger partial charge in [0, 0.05) is 23.3 Å². The van der Waals surface area contributed by atoms with Crippen molar-refractivity contribution in [1.29, 1.82) is 0 Å². The van der Waals surface area contributed by atoms with Crippen LogP contribution in [0.3, 0.4) is 0 Å². The first kappa shape index (κ1) is 10.4. The number of nitrogens with zero attached hydrogens (tertiary/aromatic N) is 1. The van der Waals surface area contributed by atoms with Crippen LogP contribution in [-0.4, -0.2) is 17.9 Å². The van der Waals surface area contributed by atoms with Crippen LogP contribution < -0.4 is 0 Å². The smallest absolute Gasteiger partial charge is 0.143 e. The van der Waals surface area contributed by atoms with Crippen LogP contribution in [0.4, 0.5) is 0 Å². The van der Waals surface area contributed by atoms with E-state index in [2.05, 4.69) is 4.99 Å². The third-order valence-corrected chi connectivity index (χ3v) is 1.98. The number of phenols is 1. The lowest BCUT2D eigenvalue weighted by Gasteiger charge is -2.01. The van der Waals surface area contributed by atoms with Gasteiger partial charge in [0.25, 0.3) is 0 Å². The topological polar surface area (TPSA) is 32.6 Å². The summed E-state index contributed by atoms with van der Waals surface area (Å²) in [4.78, 5) is 3.98. The monoisotopic (exact) mass is 217 g/mol. The predicted molar refractivity (Wildman–Crippen MR) is 56.3 cm³/mol. The number of hydrogen-bond acceptors (Lipinski definition) is 2. The van der Waals surface area contributed by atoms with Gasteiger partial charge in [-0.1, -0.05) is 23.2 Å². The van der Waals surface area contributed by atoms with Gasteiger partial charge in [-0.05, 0) is 19.1 Å². The molecule has 13 heavy (non-hydrogen) atoms. The molecule has 70 valence electrons. The molecule has 0 saturated heterocycles. The highest BCUT2D eigenvalue weighted by Gasteiger charge is 2.05. The van der Waals surface area contributed by atoms with Gasteiger partial charge in [-0.15, -0.1) is 0 Å². The molecule has 0 aliphatic carbocycles. The van der Waals surface area contributed by atoms with Gasteiger partial charge in [0.15, 0.2) is 0 Å².